The summed E-state index contributed by atoms with van der Waals surface area (Å²) in [6, 6.07) is 12.8. The maximum Gasteiger partial charge on any atom is 0.264 e. The highest BCUT2D eigenvalue weighted by atomic mass is 79.9. The Balaban J connectivity index is 0.00000192. The normalized spacial score (nSPS) is 14.6. The Morgan fingerprint density at radius 3 is 2.65 bits per heavy atom. The SMILES string of the molecule is Cc1cc(S(=O)(=O)N2CCNCc3ccccc32)ccc1Br.Cl. The van der Waals surface area contributed by atoms with Crippen molar-refractivity contribution in [2.24, 2.45) is 0 Å². The zero-order valence-corrected chi connectivity index (χ0v) is 15.8. The van der Waals surface area contributed by atoms with E-state index in [2.05, 4.69) is 21.2 Å². The van der Waals surface area contributed by atoms with Crippen LogP contribution in [0.25, 0.3) is 0 Å². The van der Waals surface area contributed by atoms with Gasteiger partial charge in [0.15, 0.2) is 0 Å². The van der Waals surface area contributed by atoms with Gasteiger partial charge in [-0.25, -0.2) is 8.42 Å². The molecule has 1 aliphatic rings. The molecule has 7 heteroatoms. The molecule has 4 nitrogen and oxygen atoms in total. The van der Waals surface area contributed by atoms with Gasteiger partial charge in [-0.2, -0.15) is 0 Å². The van der Waals surface area contributed by atoms with Crippen molar-refractivity contribution in [3.8, 4) is 0 Å². The number of hydrogen-bond acceptors (Lipinski definition) is 3. The third-order valence-electron chi connectivity index (χ3n) is 3.78. The second-order valence-electron chi connectivity index (χ2n) is 5.29. The van der Waals surface area contributed by atoms with E-state index in [4.69, 9.17) is 0 Å². The molecule has 2 aromatic rings. The number of nitrogens with zero attached hydrogens (tertiary/aromatic N) is 1. The highest BCUT2D eigenvalue weighted by molar-refractivity contribution is 9.10. The largest absolute Gasteiger partial charge is 0.311 e. The number of rotatable bonds is 2. The number of sulfonamides is 1. The minimum atomic E-state index is -3.57. The minimum Gasteiger partial charge on any atom is -0.311 e. The van der Waals surface area contributed by atoms with Crippen LogP contribution in [-0.4, -0.2) is 21.5 Å². The Kier molecular flexibility index (Phi) is 5.73. The lowest BCUT2D eigenvalue weighted by atomic mass is 10.2. The predicted molar refractivity (Wildman–Crippen MR) is 98.8 cm³/mol. The molecule has 2 aromatic carbocycles. The molecule has 0 radical (unpaired) electrons. The molecule has 0 aromatic heterocycles. The van der Waals surface area contributed by atoms with Gasteiger partial charge in [-0.3, -0.25) is 4.31 Å². The first kappa shape index (κ1) is 18.3. The van der Waals surface area contributed by atoms with E-state index in [1.807, 2.05) is 31.2 Å². The fourth-order valence-electron chi connectivity index (χ4n) is 2.58. The van der Waals surface area contributed by atoms with Crippen LogP contribution in [0.1, 0.15) is 11.1 Å². The monoisotopic (exact) mass is 416 g/mol. The summed E-state index contributed by atoms with van der Waals surface area (Å²) < 4.78 is 28.5. The number of anilines is 1. The van der Waals surface area contributed by atoms with Crippen LogP contribution in [-0.2, 0) is 16.6 Å². The highest BCUT2D eigenvalue weighted by Crippen LogP contribution is 2.29. The van der Waals surface area contributed by atoms with Crippen LogP contribution in [0.2, 0.25) is 0 Å². The summed E-state index contributed by atoms with van der Waals surface area (Å²) in [5.41, 5.74) is 2.66. The van der Waals surface area contributed by atoms with E-state index in [1.54, 1.807) is 18.2 Å². The van der Waals surface area contributed by atoms with Crippen molar-refractivity contribution in [2.75, 3.05) is 17.4 Å². The molecule has 1 N–H and O–H groups in total. The average Bonchev–Trinajstić information content (AvgIpc) is 2.72. The number of nitrogens with one attached hydrogen (secondary N) is 1. The molecule has 0 saturated heterocycles. The summed E-state index contributed by atoms with van der Waals surface area (Å²) in [6.07, 6.45) is 0. The van der Waals surface area contributed by atoms with Gasteiger partial charge >= 0.3 is 0 Å². The van der Waals surface area contributed by atoms with E-state index in [9.17, 15) is 8.42 Å². The van der Waals surface area contributed by atoms with Gasteiger partial charge in [-0.05, 0) is 42.3 Å². The van der Waals surface area contributed by atoms with Crippen LogP contribution in [0.4, 0.5) is 5.69 Å². The van der Waals surface area contributed by atoms with Crippen LogP contribution in [0, 0.1) is 6.92 Å². The van der Waals surface area contributed by atoms with Crippen LogP contribution in [0.3, 0.4) is 0 Å². The Bertz CT molecular complexity index is 811. The number of hydrogen-bond donors (Lipinski definition) is 1. The summed E-state index contributed by atoms with van der Waals surface area (Å²) in [4.78, 5) is 0.324. The molecule has 3 rings (SSSR count). The molecule has 23 heavy (non-hydrogen) atoms. The van der Waals surface area contributed by atoms with Crippen molar-refractivity contribution in [3.63, 3.8) is 0 Å². The smallest absolute Gasteiger partial charge is 0.264 e. The van der Waals surface area contributed by atoms with Crippen molar-refractivity contribution in [2.45, 2.75) is 18.4 Å². The van der Waals surface area contributed by atoms with E-state index in [0.29, 0.717) is 24.5 Å². The minimum absolute atomic E-state index is 0. The van der Waals surface area contributed by atoms with Gasteiger partial charge in [0.25, 0.3) is 10.0 Å². The number of para-hydroxylation sites is 1. The molecule has 124 valence electrons. The average molecular weight is 418 g/mol. The molecular weight excluding hydrogens is 400 g/mol. The Morgan fingerprint density at radius 1 is 1.17 bits per heavy atom. The van der Waals surface area contributed by atoms with E-state index in [0.717, 1.165) is 21.3 Å². The maximum absolute atomic E-state index is 13.0. The molecule has 0 aliphatic carbocycles. The summed E-state index contributed by atoms with van der Waals surface area (Å²) >= 11 is 3.41. The number of halogens is 2. The molecule has 0 amide bonds. The van der Waals surface area contributed by atoms with Crippen molar-refractivity contribution < 1.29 is 8.42 Å². The Labute approximate surface area is 151 Å². The van der Waals surface area contributed by atoms with Gasteiger partial charge in [-0.1, -0.05) is 34.1 Å². The van der Waals surface area contributed by atoms with Gasteiger partial charge in [-0.15, -0.1) is 12.4 Å². The molecule has 1 heterocycles. The van der Waals surface area contributed by atoms with E-state index in [1.165, 1.54) is 4.31 Å². The van der Waals surface area contributed by atoms with Gasteiger partial charge < -0.3 is 5.32 Å². The first-order valence-corrected chi connectivity index (χ1v) is 9.31. The second kappa shape index (κ2) is 7.21. The molecule has 0 spiro atoms. The van der Waals surface area contributed by atoms with Crippen molar-refractivity contribution in [1.82, 2.24) is 5.32 Å². The standard InChI is InChI=1S/C16H17BrN2O2S.ClH/c1-12-10-14(6-7-15(12)17)22(20,21)19-9-8-18-11-13-4-2-3-5-16(13)19;/h2-7,10,18H,8-9,11H2,1H3;1H. The van der Waals surface area contributed by atoms with Gasteiger partial charge in [0.2, 0.25) is 0 Å². The molecule has 0 atom stereocenters. The topological polar surface area (TPSA) is 49.4 Å². The van der Waals surface area contributed by atoms with Crippen LogP contribution < -0.4 is 9.62 Å². The summed E-state index contributed by atoms with van der Waals surface area (Å²) in [6.45, 7) is 3.63. The van der Waals surface area contributed by atoms with Crippen molar-refractivity contribution in [1.29, 1.82) is 0 Å². The van der Waals surface area contributed by atoms with E-state index < -0.39 is 10.0 Å². The van der Waals surface area contributed by atoms with Gasteiger partial charge in [0, 0.05) is 24.1 Å². The lowest BCUT2D eigenvalue weighted by molar-refractivity contribution is 0.589. The maximum atomic E-state index is 13.0. The van der Waals surface area contributed by atoms with Crippen molar-refractivity contribution in [3.05, 3.63) is 58.1 Å². The number of aryl methyl sites for hydroxylation is 1. The van der Waals surface area contributed by atoms with Crippen LogP contribution >= 0.6 is 28.3 Å². The zero-order chi connectivity index (χ0) is 15.7. The van der Waals surface area contributed by atoms with Crippen LogP contribution in [0.15, 0.2) is 51.8 Å². The van der Waals surface area contributed by atoms with Crippen molar-refractivity contribution >= 4 is 44.0 Å². The lowest BCUT2D eigenvalue weighted by Crippen LogP contribution is -2.34. The fourth-order valence-corrected chi connectivity index (χ4v) is 4.42. The lowest BCUT2D eigenvalue weighted by Gasteiger charge is -2.24. The molecule has 0 unspecified atom stereocenters. The quantitative estimate of drug-likeness (QED) is 0.814. The predicted octanol–water partition coefficient (Wildman–Crippen LogP) is 3.48. The zero-order valence-electron chi connectivity index (χ0n) is 12.6. The molecule has 0 saturated carbocycles. The highest BCUT2D eigenvalue weighted by Gasteiger charge is 2.27. The molecule has 0 bridgehead atoms. The number of benzene rings is 2. The van der Waals surface area contributed by atoms with Gasteiger partial charge in [0.1, 0.15) is 0 Å². The molecule has 0 fully saturated rings. The van der Waals surface area contributed by atoms with E-state index >= 15 is 0 Å². The fraction of sp³-hybridized carbons (Fsp3) is 0.250. The summed E-state index contributed by atoms with van der Waals surface area (Å²) in [7, 11) is -3.57. The number of fused-ring (bicyclic) bond motifs is 1. The molecule has 1 aliphatic heterocycles. The Hall–Kier alpha value is -1.08. The Morgan fingerprint density at radius 2 is 1.91 bits per heavy atom. The first-order valence-electron chi connectivity index (χ1n) is 7.07. The summed E-state index contributed by atoms with van der Waals surface area (Å²) in [5, 5.41) is 3.26. The third kappa shape index (κ3) is 3.55. The second-order valence-corrected chi connectivity index (χ2v) is 8.01. The third-order valence-corrected chi connectivity index (χ3v) is 6.48. The van der Waals surface area contributed by atoms with Gasteiger partial charge in [0.05, 0.1) is 10.6 Å². The first-order chi connectivity index (χ1) is 10.5. The van der Waals surface area contributed by atoms with Crippen LogP contribution in [0.5, 0.6) is 0 Å². The van der Waals surface area contributed by atoms with E-state index in [-0.39, 0.29) is 12.4 Å². The summed E-state index contributed by atoms with van der Waals surface area (Å²) in [5.74, 6) is 0. The molecular formula is C16H18BrClN2O2S.